The molecule has 0 aliphatic carbocycles. The number of amides is 2. The Bertz CT molecular complexity index is 855. The Morgan fingerprint density at radius 3 is 2.70 bits per heavy atom. The Morgan fingerprint density at radius 2 is 1.96 bits per heavy atom. The molecule has 2 amide bonds. The lowest BCUT2D eigenvalue weighted by Crippen LogP contribution is -2.48. The van der Waals surface area contributed by atoms with Crippen LogP contribution in [0, 0.1) is 11.8 Å². The van der Waals surface area contributed by atoms with Crippen molar-refractivity contribution in [3.63, 3.8) is 0 Å². The predicted molar refractivity (Wildman–Crippen MR) is 101 cm³/mol. The van der Waals surface area contributed by atoms with Gasteiger partial charge in [-0.2, -0.15) is 0 Å². The molecule has 5 rings (SSSR count). The molecule has 0 radical (unpaired) electrons. The number of hydrogen-bond donors (Lipinski definition) is 0. The van der Waals surface area contributed by atoms with E-state index in [-0.39, 0.29) is 23.5 Å². The summed E-state index contributed by atoms with van der Waals surface area (Å²) in [5.41, 5.74) is 1.63. The molecule has 27 heavy (non-hydrogen) atoms. The first-order chi connectivity index (χ1) is 12.8. The van der Waals surface area contributed by atoms with E-state index in [9.17, 15) is 9.59 Å². The highest BCUT2D eigenvalue weighted by molar-refractivity contribution is 5.93. The molecule has 0 N–H and O–H groups in total. The molecular formula is C22H26N2O3. The zero-order chi connectivity index (χ0) is 19.0. The second kappa shape index (κ2) is 5.44. The summed E-state index contributed by atoms with van der Waals surface area (Å²) < 4.78 is 6.25. The highest BCUT2D eigenvalue weighted by atomic mass is 16.5. The third-order valence-corrected chi connectivity index (χ3v) is 6.64. The van der Waals surface area contributed by atoms with Gasteiger partial charge in [-0.1, -0.05) is 36.4 Å². The third-order valence-electron chi connectivity index (χ3n) is 6.64. The molecule has 5 nitrogen and oxygen atoms in total. The van der Waals surface area contributed by atoms with E-state index in [2.05, 4.69) is 12.1 Å². The largest absolute Gasteiger partial charge is 0.360 e. The van der Waals surface area contributed by atoms with Crippen molar-refractivity contribution >= 4 is 11.8 Å². The van der Waals surface area contributed by atoms with Gasteiger partial charge in [-0.15, -0.1) is 0 Å². The Morgan fingerprint density at radius 1 is 1.22 bits per heavy atom. The minimum absolute atomic E-state index is 0.0603. The second-order valence-corrected chi connectivity index (χ2v) is 9.27. The number of carbonyl (C=O) groups is 2. The molecular weight excluding hydrogens is 340 g/mol. The minimum Gasteiger partial charge on any atom is -0.360 e. The average molecular weight is 366 g/mol. The molecule has 2 saturated heterocycles. The van der Waals surface area contributed by atoms with Gasteiger partial charge < -0.3 is 14.5 Å². The standard InChI is InChI=1S/C22H26N2O3/c1-21(2,3)24-13-22-10-8-16(27-22)17(18(22)20(24)26)19(25)23-11-9-14-6-4-5-7-15(14)12-23/h4-8,10,16-18H,9,11-13H2,1-3H3/t16-,17?,18?,22-/m0/s1. The number of nitrogens with zero attached hydrogens (tertiary/aromatic N) is 2. The fraction of sp³-hybridized carbons (Fsp3) is 0.545. The third kappa shape index (κ3) is 2.34. The molecule has 0 aromatic heterocycles. The number of hydrogen-bond acceptors (Lipinski definition) is 3. The maximum Gasteiger partial charge on any atom is 0.230 e. The molecule has 2 bridgehead atoms. The zero-order valence-electron chi connectivity index (χ0n) is 16.1. The Balaban J connectivity index is 1.44. The van der Waals surface area contributed by atoms with Gasteiger partial charge in [0, 0.05) is 18.6 Å². The number of ether oxygens (including phenoxy) is 1. The first kappa shape index (κ1) is 17.0. The van der Waals surface area contributed by atoms with Crippen molar-refractivity contribution in [3.05, 3.63) is 47.5 Å². The van der Waals surface area contributed by atoms with Crippen LogP contribution >= 0.6 is 0 Å². The van der Waals surface area contributed by atoms with Crippen LogP contribution in [-0.4, -0.2) is 51.9 Å². The monoisotopic (exact) mass is 366 g/mol. The molecule has 2 unspecified atom stereocenters. The average Bonchev–Trinajstić information content (AvgIpc) is 3.28. The minimum atomic E-state index is -0.622. The lowest BCUT2D eigenvalue weighted by atomic mass is 9.76. The van der Waals surface area contributed by atoms with Gasteiger partial charge >= 0.3 is 0 Å². The number of likely N-dealkylation sites (tertiary alicyclic amines) is 1. The van der Waals surface area contributed by atoms with E-state index in [0.717, 1.165) is 6.42 Å². The quantitative estimate of drug-likeness (QED) is 0.716. The van der Waals surface area contributed by atoms with Crippen LogP contribution < -0.4 is 0 Å². The summed E-state index contributed by atoms with van der Waals surface area (Å²) in [6.45, 7) is 7.99. The highest BCUT2D eigenvalue weighted by Crippen LogP contribution is 2.53. The van der Waals surface area contributed by atoms with E-state index in [1.165, 1.54) is 11.1 Å². The first-order valence-corrected chi connectivity index (χ1v) is 9.84. The van der Waals surface area contributed by atoms with Gasteiger partial charge in [0.2, 0.25) is 11.8 Å². The van der Waals surface area contributed by atoms with Crippen LogP contribution in [-0.2, 0) is 27.3 Å². The lowest BCUT2D eigenvalue weighted by molar-refractivity contribution is -0.145. The van der Waals surface area contributed by atoms with Crippen LogP contribution in [0.4, 0.5) is 0 Å². The molecule has 4 aliphatic rings. The van der Waals surface area contributed by atoms with Gasteiger partial charge in [-0.25, -0.2) is 0 Å². The predicted octanol–water partition coefficient (Wildman–Crippen LogP) is 2.15. The first-order valence-electron chi connectivity index (χ1n) is 9.84. The summed E-state index contributed by atoms with van der Waals surface area (Å²) in [7, 11) is 0. The van der Waals surface area contributed by atoms with E-state index in [1.54, 1.807) is 0 Å². The number of rotatable bonds is 1. The topological polar surface area (TPSA) is 49.9 Å². The van der Waals surface area contributed by atoms with Gasteiger partial charge in [-0.05, 0) is 38.3 Å². The smallest absolute Gasteiger partial charge is 0.230 e. The number of carbonyl (C=O) groups excluding carboxylic acids is 2. The molecule has 2 fully saturated rings. The Kier molecular flexibility index (Phi) is 3.43. The SMILES string of the molecule is CC(C)(C)N1C[C@]23C=C[C@H](O2)C(C(=O)N2CCc4ccccc4C2)C3C1=O. The van der Waals surface area contributed by atoms with E-state index in [0.29, 0.717) is 19.6 Å². The van der Waals surface area contributed by atoms with E-state index < -0.39 is 17.4 Å². The van der Waals surface area contributed by atoms with Crippen molar-refractivity contribution in [1.82, 2.24) is 9.80 Å². The fourth-order valence-corrected chi connectivity index (χ4v) is 5.24. The maximum atomic E-state index is 13.5. The molecule has 1 aromatic carbocycles. The van der Waals surface area contributed by atoms with Crippen molar-refractivity contribution in [2.75, 3.05) is 13.1 Å². The molecule has 142 valence electrons. The summed E-state index contributed by atoms with van der Waals surface area (Å²) in [6, 6.07) is 8.30. The summed E-state index contributed by atoms with van der Waals surface area (Å²) in [5, 5.41) is 0. The van der Waals surface area contributed by atoms with Crippen molar-refractivity contribution in [2.24, 2.45) is 11.8 Å². The van der Waals surface area contributed by atoms with Crippen molar-refractivity contribution in [2.45, 2.75) is 51.0 Å². The summed E-state index contributed by atoms with van der Waals surface area (Å²) in [6.07, 6.45) is 4.62. The van der Waals surface area contributed by atoms with Crippen molar-refractivity contribution in [3.8, 4) is 0 Å². The molecule has 1 aromatic rings. The molecule has 4 atom stereocenters. The van der Waals surface area contributed by atoms with Crippen LogP contribution in [0.3, 0.4) is 0 Å². The van der Waals surface area contributed by atoms with Crippen LogP contribution in [0.5, 0.6) is 0 Å². The highest BCUT2D eigenvalue weighted by Gasteiger charge is 2.68. The van der Waals surface area contributed by atoms with E-state index in [4.69, 9.17) is 4.74 Å². The summed E-state index contributed by atoms with van der Waals surface area (Å²) >= 11 is 0. The number of fused-ring (bicyclic) bond motifs is 2. The second-order valence-electron chi connectivity index (χ2n) is 9.27. The van der Waals surface area contributed by atoms with Gasteiger partial charge in [0.05, 0.1) is 24.5 Å². The van der Waals surface area contributed by atoms with Gasteiger partial charge in [0.25, 0.3) is 0 Å². The summed E-state index contributed by atoms with van der Waals surface area (Å²) in [4.78, 5) is 30.5. The molecule has 1 spiro atoms. The van der Waals surface area contributed by atoms with Gasteiger partial charge in [-0.3, -0.25) is 9.59 Å². The van der Waals surface area contributed by atoms with Crippen LogP contribution in [0.25, 0.3) is 0 Å². The van der Waals surface area contributed by atoms with E-state index >= 15 is 0 Å². The normalized spacial score (nSPS) is 34.2. The molecule has 5 heteroatoms. The fourth-order valence-electron chi connectivity index (χ4n) is 5.24. The van der Waals surface area contributed by atoms with Crippen LogP contribution in [0.2, 0.25) is 0 Å². The van der Waals surface area contributed by atoms with Crippen LogP contribution in [0.1, 0.15) is 31.9 Å². The lowest BCUT2D eigenvalue weighted by Gasteiger charge is -2.35. The molecule has 4 aliphatic heterocycles. The van der Waals surface area contributed by atoms with Crippen molar-refractivity contribution < 1.29 is 14.3 Å². The molecule has 0 saturated carbocycles. The zero-order valence-corrected chi connectivity index (χ0v) is 16.1. The Labute approximate surface area is 160 Å². The van der Waals surface area contributed by atoms with Crippen LogP contribution in [0.15, 0.2) is 36.4 Å². The number of benzene rings is 1. The van der Waals surface area contributed by atoms with E-state index in [1.807, 2.05) is 54.9 Å². The Hall–Kier alpha value is -2.14. The van der Waals surface area contributed by atoms with Gasteiger partial charge in [0.1, 0.15) is 5.60 Å². The summed E-state index contributed by atoms with van der Waals surface area (Å²) in [5.74, 6) is -0.670. The van der Waals surface area contributed by atoms with Crippen molar-refractivity contribution in [1.29, 1.82) is 0 Å². The molecule has 4 heterocycles. The van der Waals surface area contributed by atoms with Gasteiger partial charge in [0.15, 0.2) is 0 Å². The maximum absolute atomic E-state index is 13.5.